The minimum atomic E-state index is -3.48. The SMILES string of the molecule is CNS(=O)(=O)CC(=O)N1CC(CN)CC1C. The van der Waals surface area contributed by atoms with Gasteiger partial charge in [0.25, 0.3) is 0 Å². The van der Waals surface area contributed by atoms with Crippen molar-refractivity contribution in [3.8, 4) is 0 Å². The molecule has 6 nitrogen and oxygen atoms in total. The lowest BCUT2D eigenvalue weighted by molar-refractivity contribution is -0.129. The van der Waals surface area contributed by atoms with Crippen molar-refractivity contribution < 1.29 is 13.2 Å². The molecule has 0 bridgehead atoms. The highest BCUT2D eigenvalue weighted by Gasteiger charge is 2.33. The topological polar surface area (TPSA) is 92.5 Å². The molecule has 2 atom stereocenters. The summed E-state index contributed by atoms with van der Waals surface area (Å²) in [4.78, 5) is 13.4. The van der Waals surface area contributed by atoms with Crippen LogP contribution in [0.2, 0.25) is 0 Å². The smallest absolute Gasteiger partial charge is 0.239 e. The molecular formula is C9H19N3O3S. The van der Waals surface area contributed by atoms with Gasteiger partial charge in [0.1, 0.15) is 5.75 Å². The van der Waals surface area contributed by atoms with Gasteiger partial charge in [0, 0.05) is 12.6 Å². The van der Waals surface area contributed by atoms with E-state index in [1.165, 1.54) is 7.05 Å². The van der Waals surface area contributed by atoms with Gasteiger partial charge in [-0.25, -0.2) is 13.1 Å². The van der Waals surface area contributed by atoms with E-state index < -0.39 is 15.8 Å². The third-order valence-corrected chi connectivity index (χ3v) is 4.19. The van der Waals surface area contributed by atoms with Gasteiger partial charge in [-0.3, -0.25) is 4.79 Å². The number of hydrogen-bond acceptors (Lipinski definition) is 4. The van der Waals surface area contributed by atoms with E-state index in [1.807, 2.05) is 6.92 Å². The van der Waals surface area contributed by atoms with Gasteiger partial charge in [-0.2, -0.15) is 0 Å². The summed E-state index contributed by atoms with van der Waals surface area (Å²) in [6, 6.07) is 0.0770. The molecule has 0 saturated carbocycles. The van der Waals surface area contributed by atoms with Crippen molar-refractivity contribution in [3.05, 3.63) is 0 Å². The summed E-state index contributed by atoms with van der Waals surface area (Å²) in [6.07, 6.45) is 0.849. The van der Waals surface area contributed by atoms with Gasteiger partial charge in [-0.15, -0.1) is 0 Å². The molecule has 0 aromatic heterocycles. The van der Waals surface area contributed by atoms with Crippen molar-refractivity contribution in [1.82, 2.24) is 9.62 Å². The zero-order valence-corrected chi connectivity index (χ0v) is 10.5. The van der Waals surface area contributed by atoms with Crippen molar-refractivity contribution in [3.63, 3.8) is 0 Å². The van der Waals surface area contributed by atoms with Gasteiger partial charge in [-0.1, -0.05) is 0 Å². The molecule has 0 aromatic carbocycles. The highest BCUT2D eigenvalue weighted by atomic mass is 32.2. The molecule has 0 spiro atoms. The van der Waals surface area contributed by atoms with Gasteiger partial charge in [0.05, 0.1) is 0 Å². The molecule has 7 heteroatoms. The van der Waals surface area contributed by atoms with Gasteiger partial charge in [0.2, 0.25) is 15.9 Å². The lowest BCUT2D eigenvalue weighted by atomic mass is 10.1. The van der Waals surface area contributed by atoms with Crippen LogP contribution in [0.15, 0.2) is 0 Å². The fourth-order valence-corrected chi connectivity index (χ4v) is 2.61. The number of nitrogens with one attached hydrogen (secondary N) is 1. The second-order valence-corrected chi connectivity index (χ2v) is 6.12. The van der Waals surface area contributed by atoms with Crippen LogP contribution in [-0.4, -0.2) is 51.2 Å². The molecule has 0 radical (unpaired) electrons. The van der Waals surface area contributed by atoms with E-state index in [2.05, 4.69) is 4.72 Å². The zero-order chi connectivity index (χ0) is 12.3. The van der Waals surface area contributed by atoms with Crippen LogP contribution in [0, 0.1) is 5.92 Å². The molecule has 1 rings (SSSR count). The molecule has 1 aliphatic rings. The molecule has 1 fully saturated rings. The average Bonchev–Trinajstić information content (AvgIpc) is 2.59. The van der Waals surface area contributed by atoms with Crippen LogP contribution in [-0.2, 0) is 14.8 Å². The van der Waals surface area contributed by atoms with Gasteiger partial charge in [-0.05, 0) is 32.9 Å². The minimum Gasteiger partial charge on any atom is -0.339 e. The Morgan fingerprint density at radius 1 is 1.56 bits per heavy atom. The Kier molecular flexibility index (Phi) is 4.28. The Morgan fingerprint density at radius 2 is 2.19 bits per heavy atom. The van der Waals surface area contributed by atoms with Gasteiger partial charge in [0.15, 0.2) is 0 Å². The Balaban J connectivity index is 2.62. The van der Waals surface area contributed by atoms with Crippen molar-refractivity contribution in [1.29, 1.82) is 0 Å². The van der Waals surface area contributed by atoms with E-state index >= 15 is 0 Å². The number of carbonyl (C=O) groups is 1. The molecule has 1 saturated heterocycles. The predicted molar refractivity (Wildman–Crippen MR) is 61.2 cm³/mol. The van der Waals surface area contributed by atoms with Crippen LogP contribution < -0.4 is 10.5 Å². The number of hydrogen-bond donors (Lipinski definition) is 2. The van der Waals surface area contributed by atoms with E-state index in [0.29, 0.717) is 13.1 Å². The van der Waals surface area contributed by atoms with Crippen LogP contribution in [0.5, 0.6) is 0 Å². The number of nitrogens with zero attached hydrogens (tertiary/aromatic N) is 1. The molecule has 94 valence electrons. The first-order valence-corrected chi connectivity index (χ1v) is 6.95. The van der Waals surface area contributed by atoms with E-state index in [9.17, 15) is 13.2 Å². The standard InChI is InChI=1S/C9H19N3O3S/c1-7-3-8(4-10)5-12(7)9(13)6-16(14,15)11-2/h7-8,11H,3-6,10H2,1-2H3. The number of rotatable bonds is 4. The number of amides is 1. The number of carbonyl (C=O) groups excluding carboxylic acids is 1. The van der Waals surface area contributed by atoms with E-state index in [-0.39, 0.29) is 17.9 Å². The first-order valence-electron chi connectivity index (χ1n) is 5.30. The zero-order valence-electron chi connectivity index (χ0n) is 9.64. The maximum absolute atomic E-state index is 11.8. The normalized spacial score (nSPS) is 26.1. The highest BCUT2D eigenvalue weighted by molar-refractivity contribution is 7.90. The van der Waals surface area contributed by atoms with E-state index in [1.54, 1.807) is 4.90 Å². The van der Waals surface area contributed by atoms with Crippen LogP contribution in [0.4, 0.5) is 0 Å². The monoisotopic (exact) mass is 249 g/mol. The molecule has 0 aliphatic carbocycles. The quantitative estimate of drug-likeness (QED) is 0.650. The first-order chi connectivity index (χ1) is 7.39. The maximum atomic E-state index is 11.8. The third-order valence-electron chi connectivity index (χ3n) is 2.94. The first kappa shape index (κ1) is 13.4. The fraction of sp³-hybridized carbons (Fsp3) is 0.889. The molecular weight excluding hydrogens is 230 g/mol. The Labute approximate surface area is 96.2 Å². The summed E-state index contributed by atoms with van der Waals surface area (Å²) >= 11 is 0. The summed E-state index contributed by atoms with van der Waals surface area (Å²) in [5, 5.41) is 0. The molecule has 1 aliphatic heterocycles. The van der Waals surface area contributed by atoms with Gasteiger partial charge >= 0.3 is 0 Å². The second-order valence-electron chi connectivity index (χ2n) is 4.20. The molecule has 16 heavy (non-hydrogen) atoms. The lowest BCUT2D eigenvalue weighted by Gasteiger charge is -2.21. The summed E-state index contributed by atoms with van der Waals surface area (Å²) in [5.41, 5.74) is 5.54. The number of sulfonamides is 1. The average molecular weight is 249 g/mol. The Hall–Kier alpha value is -0.660. The molecule has 2 unspecified atom stereocenters. The van der Waals surface area contributed by atoms with Crippen molar-refractivity contribution in [2.24, 2.45) is 11.7 Å². The van der Waals surface area contributed by atoms with Crippen molar-refractivity contribution in [2.75, 3.05) is 25.9 Å². The van der Waals surface area contributed by atoms with E-state index in [4.69, 9.17) is 5.73 Å². The van der Waals surface area contributed by atoms with Crippen molar-refractivity contribution in [2.45, 2.75) is 19.4 Å². The fourth-order valence-electron chi connectivity index (χ4n) is 1.98. The minimum absolute atomic E-state index is 0.0770. The predicted octanol–water partition coefficient (Wildman–Crippen LogP) is -1.27. The largest absolute Gasteiger partial charge is 0.339 e. The van der Waals surface area contributed by atoms with Gasteiger partial charge < -0.3 is 10.6 Å². The van der Waals surface area contributed by atoms with Crippen LogP contribution in [0.1, 0.15) is 13.3 Å². The van der Waals surface area contributed by atoms with Crippen LogP contribution >= 0.6 is 0 Å². The second kappa shape index (κ2) is 5.11. The molecule has 0 aromatic rings. The summed E-state index contributed by atoms with van der Waals surface area (Å²) in [5.74, 6) is -0.542. The molecule has 1 amide bonds. The lowest BCUT2D eigenvalue weighted by Crippen LogP contribution is -2.40. The number of nitrogens with two attached hydrogens (primary N) is 1. The Bertz CT molecular complexity index is 355. The number of likely N-dealkylation sites (tertiary alicyclic amines) is 1. The van der Waals surface area contributed by atoms with Crippen LogP contribution in [0.3, 0.4) is 0 Å². The highest BCUT2D eigenvalue weighted by Crippen LogP contribution is 2.22. The van der Waals surface area contributed by atoms with Crippen LogP contribution in [0.25, 0.3) is 0 Å². The molecule has 3 N–H and O–H groups in total. The Morgan fingerprint density at radius 3 is 2.62 bits per heavy atom. The maximum Gasteiger partial charge on any atom is 0.239 e. The summed E-state index contributed by atoms with van der Waals surface area (Å²) in [6.45, 7) is 3.02. The van der Waals surface area contributed by atoms with Crippen molar-refractivity contribution >= 4 is 15.9 Å². The summed E-state index contributed by atoms with van der Waals surface area (Å²) in [7, 11) is -2.17. The summed E-state index contributed by atoms with van der Waals surface area (Å²) < 4.78 is 24.6. The third kappa shape index (κ3) is 3.16. The molecule has 1 heterocycles. The van der Waals surface area contributed by atoms with E-state index in [0.717, 1.165) is 6.42 Å².